The van der Waals surface area contributed by atoms with Gasteiger partial charge in [0.25, 0.3) is 0 Å². The molecule has 2 heteroatoms. The average molecular weight is 841 g/mol. The molecule has 2 nitrogen and oxygen atoms in total. The molecule has 11 aromatic rings. The van der Waals surface area contributed by atoms with Gasteiger partial charge in [-0.1, -0.05) is 212 Å². The summed E-state index contributed by atoms with van der Waals surface area (Å²) in [4.78, 5) is 10.5. The Bertz CT molecular complexity index is 3580. The molecule has 310 valence electrons. The quantitative estimate of drug-likeness (QED) is 0.152. The van der Waals surface area contributed by atoms with Crippen molar-refractivity contribution in [3.63, 3.8) is 0 Å². The summed E-state index contributed by atoms with van der Waals surface area (Å²) >= 11 is 0. The number of fused-ring (bicyclic) bond motifs is 4. The van der Waals surface area contributed by atoms with E-state index in [0.29, 0.717) is 5.82 Å². The van der Waals surface area contributed by atoms with E-state index >= 15 is 0 Å². The maximum Gasteiger partial charge on any atom is 0.160 e. The molecule has 0 fully saturated rings. The van der Waals surface area contributed by atoms with E-state index in [2.05, 4.69) is 237 Å². The van der Waals surface area contributed by atoms with E-state index in [-0.39, 0.29) is 5.41 Å². The van der Waals surface area contributed by atoms with Gasteiger partial charge in [0.1, 0.15) is 0 Å². The zero-order valence-corrected chi connectivity index (χ0v) is 36.6. The molecule has 1 unspecified atom stereocenters. The highest BCUT2D eigenvalue weighted by molar-refractivity contribution is 6.05. The Kier molecular flexibility index (Phi) is 9.65. The zero-order chi connectivity index (χ0) is 44.0. The van der Waals surface area contributed by atoms with Crippen LogP contribution < -0.4 is 0 Å². The fourth-order valence-corrected chi connectivity index (χ4v) is 10.2. The first kappa shape index (κ1) is 39.2. The van der Waals surface area contributed by atoms with Gasteiger partial charge in [-0.3, -0.25) is 0 Å². The van der Waals surface area contributed by atoms with Crippen molar-refractivity contribution < 1.29 is 0 Å². The van der Waals surface area contributed by atoms with Gasteiger partial charge in [0.05, 0.1) is 11.4 Å². The Labute approximate surface area is 386 Å². The fraction of sp³-hybridized carbons (Fsp3) is 0.0312. The van der Waals surface area contributed by atoms with Crippen LogP contribution in [0.15, 0.2) is 249 Å². The van der Waals surface area contributed by atoms with Crippen LogP contribution in [-0.4, -0.2) is 9.97 Å². The SMILES string of the molecule is CC1(c2ccccc2)c2ccccc2-c2ccc(-c3cc(-c4ccccc4)cc(-c4ccc(-c5cc(-c6cccc(-c7ccccc7)c6)nc(-c6ccccc6)n5)c5ccccc45)c3)cc21. The van der Waals surface area contributed by atoms with Crippen LogP contribution in [0.2, 0.25) is 0 Å². The second-order valence-corrected chi connectivity index (χ2v) is 17.4. The molecule has 0 N–H and O–H groups in total. The van der Waals surface area contributed by atoms with Crippen molar-refractivity contribution in [2.75, 3.05) is 0 Å². The van der Waals surface area contributed by atoms with Crippen LogP contribution in [-0.2, 0) is 5.41 Å². The first-order valence-electron chi connectivity index (χ1n) is 22.7. The summed E-state index contributed by atoms with van der Waals surface area (Å²) in [6, 6.07) is 89.8. The van der Waals surface area contributed by atoms with Crippen molar-refractivity contribution in [1.82, 2.24) is 9.97 Å². The van der Waals surface area contributed by atoms with E-state index in [9.17, 15) is 0 Å². The maximum atomic E-state index is 5.31. The second kappa shape index (κ2) is 16.3. The molecule has 12 rings (SSSR count). The molecule has 1 heterocycles. The molecule has 1 aliphatic rings. The molecule has 1 aromatic heterocycles. The standard InChI is InChI=1S/C64H44N2/c1-64(52-27-12-5-13-28-52)59-32-17-16-31-56(59)57-34-33-47(41-60(57)64)50-38-49(44-21-8-3-9-22-44)39-51(40-50)53-35-36-58(55-30-15-14-29-54(53)55)62-42-61(65-63(66-62)45-23-10-4-11-24-45)48-26-18-25-46(37-48)43-19-6-2-7-20-43/h2-42H,1H3. The number of hydrogen-bond acceptors (Lipinski definition) is 2. The van der Waals surface area contributed by atoms with Gasteiger partial charge in [-0.25, -0.2) is 9.97 Å². The summed E-state index contributed by atoms with van der Waals surface area (Å²) < 4.78 is 0. The largest absolute Gasteiger partial charge is 0.228 e. The molecule has 0 amide bonds. The smallest absolute Gasteiger partial charge is 0.160 e. The molecule has 1 atom stereocenters. The van der Waals surface area contributed by atoms with Crippen LogP contribution in [0.5, 0.6) is 0 Å². The molecule has 0 bridgehead atoms. The van der Waals surface area contributed by atoms with Gasteiger partial charge in [0.2, 0.25) is 0 Å². The maximum absolute atomic E-state index is 5.31. The van der Waals surface area contributed by atoms with Crippen molar-refractivity contribution in [3.8, 4) is 89.5 Å². The third-order valence-electron chi connectivity index (χ3n) is 13.6. The van der Waals surface area contributed by atoms with E-state index in [4.69, 9.17) is 9.97 Å². The van der Waals surface area contributed by atoms with Crippen molar-refractivity contribution >= 4 is 10.8 Å². The predicted molar refractivity (Wildman–Crippen MR) is 275 cm³/mol. The van der Waals surface area contributed by atoms with E-state index in [1.807, 2.05) is 18.2 Å². The van der Waals surface area contributed by atoms with Gasteiger partial charge >= 0.3 is 0 Å². The Morgan fingerprint density at radius 1 is 0.273 bits per heavy atom. The van der Waals surface area contributed by atoms with Gasteiger partial charge in [-0.2, -0.15) is 0 Å². The van der Waals surface area contributed by atoms with Crippen LogP contribution in [0.3, 0.4) is 0 Å². The lowest BCUT2D eigenvalue weighted by Crippen LogP contribution is -2.22. The van der Waals surface area contributed by atoms with Gasteiger partial charge in [-0.15, -0.1) is 0 Å². The highest BCUT2D eigenvalue weighted by atomic mass is 14.9. The minimum atomic E-state index is -0.291. The number of benzene rings is 10. The van der Waals surface area contributed by atoms with Crippen LogP contribution in [0.25, 0.3) is 100 Å². The second-order valence-electron chi connectivity index (χ2n) is 17.4. The zero-order valence-electron chi connectivity index (χ0n) is 36.6. The molecule has 0 saturated heterocycles. The highest BCUT2D eigenvalue weighted by Crippen LogP contribution is 2.53. The Morgan fingerprint density at radius 3 is 1.47 bits per heavy atom. The average Bonchev–Trinajstić information content (AvgIpc) is 3.66. The Balaban J connectivity index is 1.02. The first-order valence-corrected chi connectivity index (χ1v) is 22.7. The Hall–Kier alpha value is -8.46. The molecule has 0 saturated carbocycles. The third-order valence-corrected chi connectivity index (χ3v) is 13.6. The topological polar surface area (TPSA) is 25.8 Å². The third kappa shape index (κ3) is 6.83. The normalized spacial score (nSPS) is 13.9. The molecule has 1 aliphatic carbocycles. The molecule has 0 aliphatic heterocycles. The summed E-state index contributed by atoms with van der Waals surface area (Å²) in [7, 11) is 0. The number of hydrogen-bond donors (Lipinski definition) is 0. The monoisotopic (exact) mass is 840 g/mol. The van der Waals surface area contributed by atoms with Crippen LogP contribution >= 0.6 is 0 Å². The van der Waals surface area contributed by atoms with Crippen LogP contribution in [0.1, 0.15) is 23.6 Å². The van der Waals surface area contributed by atoms with E-state index in [0.717, 1.165) is 44.6 Å². The summed E-state index contributed by atoms with van der Waals surface area (Å²) in [6.45, 7) is 2.39. The highest BCUT2D eigenvalue weighted by Gasteiger charge is 2.40. The molecular formula is C64H44N2. The molecular weight excluding hydrogens is 797 g/mol. The lowest BCUT2D eigenvalue weighted by Gasteiger charge is -2.28. The minimum Gasteiger partial charge on any atom is -0.228 e. The van der Waals surface area contributed by atoms with Crippen molar-refractivity contribution in [2.45, 2.75) is 12.3 Å². The lowest BCUT2D eigenvalue weighted by atomic mass is 9.74. The van der Waals surface area contributed by atoms with Gasteiger partial charge < -0.3 is 0 Å². The lowest BCUT2D eigenvalue weighted by molar-refractivity contribution is 0.714. The Morgan fingerprint density at radius 2 is 0.742 bits per heavy atom. The van der Waals surface area contributed by atoms with Crippen molar-refractivity contribution in [2.24, 2.45) is 0 Å². The molecule has 66 heavy (non-hydrogen) atoms. The van der Waals surface area contributed by atoms with Gasteiger partial charge in [0, 0.05) is 22.1 Å². The number of aromatic nitrogens is 2. The minimum absolute atomic E-state index is 0.291. The summed E-state index contributed by atoms with van der Waals surface area (Å²) in [5, 5.41) is 2.30. The summed E-state index contributed by atoms with van der Waals surface area (Å²) in [5.74, 6) is 0.697. The van der Waals surface area contributed by atoms with Gasteiger partial charge in [-0.05, 0) is 126 Å². The molecule has 10 aromatic carbocycles. The summed E-state index contributed by atoms with van der Waals surface area (Å²) in [6.07, 6.45) is 0. The molecule has 0 radical (unpaired) electrons. The number of rotatable bonds is 8. The van der Waals surface area contributed by atoms with Gasteiger partial charge in [0.15, 0.2) is 5.82 Å². The van der Waals surface area contributed by atoms with Crippen molar-refractivity contribution in [3.05, 3.63) is 265 Å². The van der Waals surface area contributed by atoms with E-state index in [1.165, 1.54) is 66.6 Å². The molecule has 0 spiro atoms. The summed E-state index contributed by atoms with van der Waals surface area (Å²) in [5.41, 5.74) is 20.5. The number of nitrogens with zero attached hydrogens (tertiary/aromatic N) is 2. The van der Waals surface area contributed by atoms with E-state index in [1.54, 1.807) is 0 Å². The fourth-order valence-electron chi connectivity index (χ4n) is 10.2. The van der Waals surface area contributed by atoms with E-state index < -0.39 is 0 Å². The first-order chi connectivity index (χ1) is 32.6. The predicted octanol–water partition coefficient (Wildman–Crippen LogP) is 16.6. The van der Waals surface area contributed by atoms with Crippen LogP contribution in [0, 0.1) is 0 Å². The van der Waals surface area contributed by atoms with Crippen molar-refractivity contribution in [1.29, 1.82) is 0 Å². The van der Waals surface area contributed by atoms with Crippen LogP contribution in [0.4, 0.5) is 0 Å².